The number of urea groups is 1. The standard InChI is InChI=1S/C17H28N4O3/c1-11(2)9-21-15(12(3)4)14(8-18-21)19-17(24)20-7-5-6-13(10-20)16(22)23/h8,11-13H,5-7,9-10H2,1-4H3,(H,19,24)(H,22,23). The molecular weight excluding hydrogens is 308 g/mol. The second-order valence-electron chi connectivity index (χ2n) is 7.23. The lowest BCUT2D eigenvalue weighted by atomic mass is 9.99. The number of likely N-dealkylation sites (tertiary alicyclic amines) is 1. The van der Waals surface area contributed by atoms with Crippen molar-refractivity contribution in [1.82, 2.24) is 14.7 Å². The number of carboxylic acids is 1. The van der Waals surface area contributed by atoms with Crippen LogP contribution < -0.4 is 5.32 Å². The van der Waals surface area contributed by atoms with Crippen LogP contribution in [0.2, 0.25) is 0 Å². The number of nitrogens with one attached hydrogen (secondary N) is 1. The van der Waals surface area contributed by atoms with E-state index < -0.39 is 11.9 Å². The van der Waals surface area contributed by atoms with Crippen LogP contribution in [0.5, 0.6) is 0 Å². The third-order valence-electron chi connectivity index (χ3n) is 4.26. The fourth-order valence-corrected chi connectivity index (χ4v) is 3.15. The Morgan fingerprint density at radius 3 is 2.67 bits per heavy atom. The molecule has 1 fully saturated rings. The molecule has 2 rings (SSSR count). The largest absolute Gasteiger partial charge is 0.481 e. The van der Waals surface area contributed by atoms with Crippen molar-refractivity contribution < 1.29 is 14.7 Å². The molecule has 1 saturated heterocycles. The Morgan fingerprint density at radius 2 is 2.08 bits per heavy atom. The summed E-state index contributed by atoms with van der Waals surface area (Å²) in [6.07, 6.45) is 3.03. The molecule has 0 aromatic carbocycles. The summed E-state index contributed by atoms with van der Waals surface area (Å²) in [5.41, 5.74) is 1.72. The van der Waals surface area contributed by atoms with E-state index in [0.717, 1.165) is 12.2 Å². The Labute approximate surface area is 143 Å². The van der Waals surface area contributed by atoms with Gasteiger partial charge in [-0.1, -0.05) is 27.7 Å². The first kappa shape index (κ1) is 18.3. The monoisotopic (exact) mass is 336 g/mol. The number of rotatable bonds is 5. The SMILES string of the molecule is CC(C)Cn1ncc(NC(=O)N2CCCC(C(=O)O)C2)c1C(C)C. The smallest absolute Gasteiger partial charge is 0.321 e. The molecule has 1 atom stereocenters. The summed E-state index contributed by atoms with van der Waals surface area (Å²) in [5.74, 6) is -0.614. The molecule has 0 radical (unpaired) electrons. The second-order valence-corrected chi connectivity index (χ2v) is 7.23. The van der Waals surface area contributed by atoms with E-state index in [0.29, 0.717) is 31.0 Å². The first-order valence-electron chi connectivity index (χ1n) is 8.64. The average Bonchev–Trinajstić information content (AvgIpc) is 2.89. The van der Waals surface area contributed by atoms with E-state index in [1.807, 2.05) is 4.68 Å². The third-order valence-corrected chi connectivity index (χ3v) is 4.26. The van der Waals surface area contributed by atoms with Gasteiger partial charge < -0.3 is 15.3 Å². The predicted molar refractivity (Wildman–Crippen MR) is 92.1 cm³/mol. The molecule has 2 N–H and O–H groups in total. The van der Waals surface area contributed by atoms with E-state index in [-0.39, 0.29) is 18.5 Å². The first-order valence-corrected chi connectivity index (χ1v) is 8.64. The van der Waals surface area contributed by atoms with Gasteiger partial charge in [-0.3, -0.25) is 9.48 Å². The number of carbonyl (C=O) groups is 2. The minimum atomic E-state index is -0.833. The summed E-state index contributed by atoms with van der Waals surface area (Å²) in [7, 11) is 0. The Hall–Kier alpha value is -2.05. The summed E-state index contributed by atoms with van der Waals surface area (Å²) < 4.78 is 1.95. The van der Waals surface area contributed by atoms with Crippen LogP contribution in [0.25, 0.3) is 0 Å². The first-order chi connectivity index (χ1) is 11.3. The number of anilines is 1. The maximum Gasteiger partial charge on any atom is 0.321 e. The highest BCUT2D eigenvalue weighted by Gasteiger charge is 2.29. The van der Waals surface area contributed by atoms with Crippen molar-refractivity contribution in [3.8, 4) is 0 Å². The van der Waals surface area contributed by atoms with E-state index >= 15 is 0 Å². The fraction of sp³-hybridized carbons (Fsp3) is 0.706. The summed E-state index contributed by atoms with van der Waals surface area (Å²) in [6, 6.07) is -0.244. The van der Waals surface area contributed by atoms with Gasteiger partial charge in [0.15, 0.2) is 0 Å². The molecule has 134 valence electrons. The van der Waals surface area contributed by atoms with E-state index in [1.165, 1.54) is 0 Å². The highest BCUT2D eigenvalue weighted by Crippen LogP contribution is 2.26. The number of hydrogen-bond acceptors (Lipinski definition) is 3. The van der Waals surface area contributed by atoms with Crippen LogP contribution in [0.4, 0.5) is 10.5 Å². The highest BCUT2D eigenvalue weighted by atomic mass is 16.4. The van der Waals surface area contributed by atoms with Gasteiger partial charge in [0.25, 0.3) is 0 Å². The third kappa shape index (κ3) is 4.27. The molecule has 24 heavy (non-hydrogen) atoms. The van der Waals surface area contributed by atoms with Gasteiger partial charge in [-0.05, 0) is 24.7 Å². The number of aliphatic carboxylic acids is 1. The molecule has 0 bridgehead atoms. The Morgan fingerprint density at radius 1 is 1.38 bits per heavy atom. The van der Waals surface area contributed by atoms with Crippen LogP contribution in [0.3, 0.4) is 0 Å². The normalized spacial score (nSPS) is 18.2. The molecule has 0 spiro atoms. The predicted octanol–water partition coefficient (Wildman–Crippen LogP) is 2.99. The minimum absolute atomic E-state index is 0.231. The molecule has 1 aliphatic rings. The zero-order chi connectivity index (χ0) is 17.9. The van der Waals surface area contributed by atoms with Crippen molar-refractivity contribution in [1.29, 1.82) is 0 Å². The lowest BCUT2D eigenvalue weighted by molar-refractivity contribution is -0.143. The quantitative estimate of drug-likeness (QED) is 0.865. The van der Waals surface area contributed by atoms with Crippen LogP contribution in [0.1, 0.15) is 52.1 Å². The molecular formula is C17H28N4O3. The van der Waals surface area contributed by atoms with E-state index in [1.54, 1.807) is 11.1 Å². The summed E-state index contributed by atoms with van der Waals surface area (Å²) in [5, 5.41) is 16.5. The number of aromatic nitrogens is 2. The number of hydrogen-bond donors (Lipinski definition) is 2. The van der Waals surface area contributed by atoms with Crippen LogP contribution in [0.15, 0.2) is 6.20 Å². The van der Waals surface area contributed by atoms with Gasteiger partial charge >= 0.3 is 12.0 Å². The molecule has 1 unspecified atom stereocenters. The Kier molecular flexibility index (Phi) is 5.85. The molecule has 1 aromatic heterocycles. The minimum Gasteiger partial charge on any atom is -0.481 e. The number of piperidine rings is 1. The molecule has 1 aliphatic heterocycles. The molecule has 7 nitrogen and oxygen atoms in total. The van der Waals surface area contributed by atoms with Gasteiger partial charge in [0.1, 0.15) is 0 Å². The number of nitrogens with zero attached hydrogens (tertiary/aromatic N) is 3. The maximum atomic E-state index is 12.5. The van der Waals surface area contributed by atoms with Crippen LogP contribution in [-0.4, -0.2) is 44.9 Å². The van der Waals surface area contributed by atoms with Crippen LogP contribution in [-0.2, 0) is 11.3 Å². The van der Waals surface area contributed by atoms with Gasteiger partial charge in [0.2, 0.25) is 0 Å². The Balaban J connectivity index is 2.11. The number of carbonyl (C=O) groups excluding carboxylic acids is 1. The lowest BCUT2D eigenvalue weighted by Crippen LogP contribution is -2.44. The summed E-state index contributed by atoms with van der Waals surface area (Å²) >= 11 is 0. The fourth-order valence-electron chi connectivity index (χ4n) is 3.15. The van der Waals surface area contributed by atoms with Crippen molar-refractivity contribution >= 4 is 17.7 Å². The van der Waals surface area contributed by atoms with Crippen molar-refractivity contribution in [2.24, 2.45) is 11.8 Å². The molecule has 0 saturated carbocycles. The zero-order valence-electron chi connectivity index (χ0n) is 15.0. The van der Waals surface area contributed by atoms with Gasteiger partial charge in [0.05, 0.1) is 23.5 Å². The summed E-state index contributed by atoms with van der Waals surface area (Å²) in [6.45, 7) is 10.1. The van der Waals surface area contributed by atoms with Crippen LogP contribution in [0, 0.1) is 11.8 Å². The molecule has 0 aliphatic carbocycles. The van der Waals surface area contributed by atoms with Crippen molar-refractivity contribution in [2.45, 2.75) is 53.0 Å². The molecule has 7 heteroatoms. The van der Waals surface area contributed by atoms with E-state index in [2.05, 4.69) is 38.1 Å². The van der Waals surface area contributed by atoms with Crippen molar-refractivity contribution in [3.63, 3.8) is 0 Å². The average molecular weight is 336 g/mol. The molecule has 1 aromatic rings. The van der Waals surface area contributed by atoms with Gasteiger partial charge in [-0.2, -0.15) is 5.10 Å². The maximum absolute atomic E-state index is 12.5. The number of amides is 2. The van der Waals surface area contributed by atoms with E-state index in [9.17, 15) is 9.59 Å². The molecule has 2 amide bonds. The Bertz CT molecular complexity index is 595. The topological polar surface area (TPSA) is 87.5 Å². The van der Waals surface area contributed by atoms with E-state index in [4.69, 9.17) is 5.11 Å². The van der Waals surface area contributed by atoms with Crippen LogP contribution >= 0.6 is 0 Å². The lowest BCUT2D eigenvalue weighted by Gasteiger charge is -2.30. The zero-order valence-corrected chi connectivity index (χ0v) is 15.0. The molecule has 2 heterocycles. The van der Waals surface area contributed by atoms with Crippen molar-refractivity contribution in [3.05, 3.63) is 11.9 Å². The van der Waals surface area contributed by atoms with Gasteiger partial charge in [-0.15, -0.1) is 0 Å². The second kappa shape index (κ2) is 7.68. The highest BCUT2D eigenvalue weighted by molar-refractivity contribution is 5.90. The van der Waals surface area contributed by atoms with Gasteiger partial charge in [-0.25, -0.2) is 4.79 Å². The van der Waals surface area contributed by atoms with Crippen molar-refractivity contribution in [2.75, 3.05) is 18.4 Å². The number of carboxylic acid groups (broad SMARTS) is 1. The van der Waals surface area contributed by atoms with Gasteiger partial charge in [0, 0.05) is 19.6 Å². The summed E-state index contributed by atoms with van der Waals surface area (Å²) in [4.78, 5) is 25.3.